The molecule has 21 atom stereocenters. The van der Waals surface area contributed by atoms with Crippen LogP contribution >= 0.6 is 0 Å². The van der Waals surface area contributed by atoms with Gasteiger partial charge in [-0.3, -0.25) is 19.2 Å². The Labute approximate surface area is 387 Å². The molecule has 3 aliphatic carbocycles. The highest BCUT2D eigenvalue weighted by Gasteiger charge is 2.55. The van der Waals surface area contributed by atoms with E-state index >= 15 is 0 Å². The van der Waals surface area contributed by atoms with Crippen LogP contribution in [0.3, 0.4) is 0 Å². The summed E-state index contributed by atoms with van der Waals surface area (Å²) in [6.07, 6.45) is -29.3. The van der Waals surface area contributed by atoms with Crippen molar-refractivity contribution in [2.45, 2.75) is 187 Å². The predicted octanol–water partition coefficient (Wildman–Crippen LogP) is -5.54. The molecule has 0 aromatic heterocycles. The van der Waals surface area contributed by atoms with Crippen LogP contribution in [0.4, 0.5) is 0 Å². The zero-order chi connectivity index (χ0) is 49.7. The van der Waals surface area contributed by atoms with Gasteiger partial charge in [-0.2, -0.15) is 0 Å². The van der Waals surface area contributed by atoms with Crippen LogP contribution in [0.2, 0.25) is 0 Å². The minimum Gasteiger partial charge on any atom is -0.481 e. The fraction of sp³-hybridized carbons (Fsp3) is 0.833. The quantitative estimate of drug-likeness (QED) is 0.0297. The monoisotopic (exact) mass is 982 g/mol. The molecule has 6 aliphatic rings. The van der Waals surface area contributed by atoms with Crippen molar-refractivity contribution in [2.24, 2.45) is 17.8 Å². The third-order valence-corrected chi connectivity index (χ3v) is 13.4. The van der Waals surface area contributed by atoms with Crippen molar-refractivity contribution in [1.82, 2.24) is 0 Å². The Bertz CT molecular complexity index is 1750. The van der Waals surface area contributed by atoms with Crippen LogP contribution in [-0.2, 0) is 61.9 Å². The number of allylic oxidation sites excluding steroid dienone is 1. The topological polar surface area (TPSA) is 422 Å². The molecule has 3 heterocycles. The van der Waals surface area contributed by atoms with Gasteiger partial charge in [-0.05, 0) is 56.8 Å². The Morgan fingerprint density at radius 3 is 1.79 bits per heavy atom. The Morgan fingerprint density at radius 2 is 1.15 bits per heavy atom. The highest BCUT2D eigenvalue weighted by molar-refractivity contribution is 5.90. The van der Waals surface area contributed by atoms with Crippen molar-refractivity contribution in [3.8, 4) is 0 Å². The number of carbonyl (C=O) groups is 5. The molecule has 6 rings (SSSR count). The molecule has 3 saturated heterocycles. The summed E-state index contributed by atoms with van der Waals surface area (Å²) in [4.78, 5) is 59.4. The van der Waals surface area contributed by atoms with Gasteiger partial charge in [0.15, 0.2) is 18.7 Å². The second-order valence-corrected chi connectivity index (χ2v) is 18.4. The van der Waals surface area contributed by atoms with Crippen LogP contribution < -0.4 is 0 Å². The molecule has 11 unspecified atom stereocenters. The molecular formula is C42H62O26. The van der Waals surface area contributed by atoms with Crippen LogP contribution in [-0.4, -0.2) is 232 Å². The Morgan fingerprint density at radius 1 is 0.544 bits per heavy atom. The smallest absolute Gasteiger partial charge is 0.330 e. The molecule has 386 valence electrons. The molecule has 0 bridgehead atoms. The summed E-state index contributed by atoms with van der Waals surface area (Å²) in [6.45, 7) is -1.52. The number of aliphatic hydroxyl groups is 11. The van der Waals surface area contributed by atoms with E-state index in [1.807, 2.05) is 0 Å². The van der Waals surface area contributed by atoms with Gasteiger partial charge in [0.25, 0.3) is 0 Å². The van der Waals surface area contributed by atoms with Crippen molar-refractivity contribution in [1.29, 1.82) is 0 Å². The van der Waals surface area contributed by atoms with E-state index in [1.54, 1.807) is 0 Å². The molecule has 26 nitrogen and oxygen atoms in total. The Balaban J connectivity index is 1.20. The maximum atomic E-state index is 12.7. The van der Waals surface area contributed by atoms with Gasteiger partial charge in [-0.1, -0.05) is 6.08 Å². The molecule has 13 N–H and O–H groups in total. The second kappa shape index (κ2) is 23.6. The number of esters is 3. The minimum absolute atomic E-state index is 0.0205. The van der Waals surface area contributed by atoms with Gasteiger partial charge < -0.3 is 104 Å². The Kier molecular flexibility index (Phi) is 18.7. The molecule has 3 saturated carbocycles. The van der Waals surface area contributed by atoms with Crippen LogP contribution in [0.15, 0.2) is 12.2 Å². The first kappa shape index (κ1) is 53.8. The lowest BCUT2D eigenvalue weighted by atomic mass is 9.72. The molecule has 0 aromatic carbocycles. The number of carbonyl (C=O) groups excluding carboxylic acids is 3. The van der Waals surface area contributed by atoms with E-state index in [4.69, 9.17) is 48.1 Å². The predicted molar refractivity (Wildman–Crippen MR) is 215 cm³/mol. The molecular weight excluding hydrogens is 920 g/mol. The summed E-state index contributed by atoms with van der Waals surface area (Å²) < 4.78 is 46.1. The normalized spacial score (nSPS) is 44.3. The van der Waals surface area contributed by atoms with E-state index in [0.717, 1.165) is 6.08 Å². The number of aliphatic hydroxyl groups excluding tert-OH is 11. The molecule has 6 fully saturated rings. The SMILES string of the molecule is O=C(O)CC(=O)OC[C@H]1O[C@@H](OC2CC(O)CC3OC(C4CC(O)C(O)C(O)C4)C(O[C@@H]4O[C@H](COC(=O)C=CC5CCC(O)C(O)C5)[C@@H](O)[C@H](O)[C@H]4O)CC32)[C@H](O)[C@@H](O)[C@@H]1OC(=O)CC(=O)O. The van der Waals surface area contributed by atoms with Crippen LogP contribution in [0.1, 0.15) is 64.2 Å². The number of ether oxygens (including phenoxy) is 8. The molecule has 3 aliphatic heterocycles. The first-order valence-corrected chi connectivity index (χ1v) is 22.5. The van der Waals surface area contributed by atoms with Crippen molar-refractivity contribution in [3.63, 3.8) is 0 Å². The van der Waals surface area contributed by atoms with Gasteiger partial charge in [0.2, 0.25) is 0 Å². The highest BCUT2D eigenvalue weighted by atomic mass is 16.7. The number of carboxylic acids is 2. The number of rotatable bonds is 16. The van der Waals surface area contributed by atoms with Crippen molar-refractivity contribution in [2.75, 3.05) is 13.2 Å². The Hall–Kier alpha value is -3.55. The summed E-state index contributed by atoms with van der Waals surface area (Å²) in [5, 5.41) is 136. The first-order chi connectivity index (χ1) is 32.1. The number of fused-ring (bicyclic) bond motifs is 1. The van der Waals surface area contributed by atoms with Crippen molar-refractivity contribution in [3.05, 3.63) is 12.2 Å². The zero-order valence-corrected chi connectivity index (χ0v) is 36.5. The van der Waals surface area contributed by atoms with Gasteiger partial charge in [0.1, 0.15) is 74.9 Å². The summed E-state index contributed by atoms with van der Waals surface area (Å²) in [7, 11) is 0. The molecule has 26 heteroatoms. The lowest BCUT2D eigenvalue weighted by molar-refractivity contribution is -0.345. The van der Waals surface area contributed by atoms with E-state index in [1.165, 1.54) is 6.08 Å². The zero-order valence-electron chi connectivity index (χ0n) is 36.5. The lowest BCUT2D eigenvalue weighted by Crippen LogP contribution is -2.64. The average molecular weight is 983 g/mol. The molecule has 0 aromatic rings. The van der Waals surface area contributed by atoms with E-state index < -0.39 is 190 Å². The standard InChI is InChI=1S/C42H62O26/c43-17-8-23-18(24(9-17)64-42-38(60)36(58)40(68-32(54)12-29(50)51)27(67-42)14-62-31(53)11-28(48)49)10-25(39(63-23)16-6-21(46)33(55)22(47)7-16)65-41-37(59)35(57)34(56)26(66-41)13-61-30(52)4-2-15-1-3-19(44)20(45)5-15/h2,4,15-27,33-47,55-60H,1,3,5-14H2,(H,48,49)(H,50,51)/t15?,16?,17?,18?,19?,20?,21?,22?,23?,24?,25?,26-,27-,33?,34-,35+,36-,37-,38-,39?,40-,41-,42-/m1/s1. The van der Waals surface area contributed by atoms with Gasteiger partial charge in [-0.25, -0.2) is 4.79 Å². The van der Waals surface area contributed by atoms with Crippen LogP contribution in [0, 0.1) is 17.8 Å². The molecule has 0 amide bonds. The van der Waals surface area contributed by atoms with Gasteiger partial charge in [0, 0.05) is 18.4 Å². The van der Waals surface area contributed by atoms with Crippen molar-refractivity contribution < 1.29 is 128 Å². The lowest BCUT2D eigenvalue weighted by Gasteiger charge is -2.53. The van der Waals surface area contributed by atoms with Crippen LogP contribution in [0.5, 0.6) is 0 Å². The number of hydrogen-bond donors (Lipinski definition) is 13. The second-order valence-electron chi connectivity index (χ2n) is 18.4. The third kappa shape index (κ3) is 13.4. The molecule has 0 spiro atoms. The summed E-state index contributed by atoms with van der Waals surface area (Å²) in [6, 6.07) is 0. The maximum Gasteiger partial charge on any atom is 0.330 e. The number of hydrogen-bond acceptors (Lipinski definition) is 24. The van der Waals surface area contributed by atoms with Gasteiger partial charge in [0.05, 0.1) is 54.9 Å². The molecule has 0 radical (unpaired) electrons. The fourth-order valence-electron chi connectivity index (χ4n) is 9.84. The number of aliphatic carboxylic acids is 2. The minimum atomic E-state index is -2.09. The molecule has 68 heavy (non-hydrogen) atoms. The van der Waals surface area contributed by atoms with E-state index in [2.05, 4.69) is 0 Å². The summed E-state index contributed by atoms with van der Waals surface area (Å²) in [5.41, 5.74) is 0. The summed E-state index contributed by atoms with van der Waals surface area (Å²) in [5.74, 6) is -8.49. The maximum absolute atomic E-state index is 12.7. The summed E-state index contributed by atoms with van der Waals surface area (Å²) >= 11 is 0. The van der Waals surface area contributed by atoms with E-state index in [0.29, 0.717) is 12.8 Å². The van der Waals surface area contributed by atoms with Gasteiger partial charge in [-0.15, -0.1) is 0 Å². The average Bonchev–Trinajstić information content (AvgIpc) is 3.26. The fourth-order valence-corrected chi connectivity index (χ4v) is 9.84. The van der Waals surface area contributed by atoms with E-state index in [-0.39, 0.29) is 44.4 Å². The van der Waals surface area contributed by atoms with Crippen molar-refractivity contribution >= 4 is 29.8 Å². The largest absolute Gasteiger partial charge is 0.481 e. The first-order valence-electron chi connectivity index (χ1n) is 22.5. The number of carboxylic acid groups (broad SMARTS) is 2. The highest BCUT2D eigenvalue weighted by Crippen LogP contribution is 2.45. The third-order valence-electron chi connectivity index (χ3n) is 13.4. The van der Waals surface area contributed by atoms with Crippen LogP contribution in [0.25, 0.3) is 0 Å². The van der Waals surface area contributed by atoms with E-state index in [9.17, 15) is 80.1 Å². The van der Waals surface area contributed by atoms with Gasteiger partial charge >= 0.3 is 29.8 Å².